The van der Waals surface area contributed by atoms with Crippen LogP contribution in [0.5, 0.6) is 5.75 Å². The molecule has 0 atom stereocenters. The van der Waals surface area contributed by atoms with Gasteiger partial charge in [-0.2, -0.15) is 0 Å². The predicted octanol–water partition coefficient (Wildman–Crippen LogP) is 2.66. The predicted molar refractivity (Wildman–Crippen MR) is 107 cm³/mol. The summed E-state index contributed by atoms with van der Waals surface area (Å²) in [5.41, 5.74) is 0.517. The number of rotatable bonds is 5. The third-order valence-electron chi connectivity index (χ3n) is 4.75. The third-order valence-corrected chi connectivity index (χ3v) is 4.75. The van der Waals surface area contributed by atoms with Gasteiger partial charge in [-0.05, 0) is 56.5 Å². The maximum absolute atomic E-state index is 12.8. The van der Waals surface area contributed by atoms with Gasteiger partial charge >= 0.3 is 0 Å². The van der Waals surface area contributed by atoms with Gasteiger partial charge in [0.15, 0.2) is 0 Å². The van der Waals surface area contributed by atoms with E-state index in [1.165, 1.54) is 16.8 Å². The number of amides is 2. The molecule has 2 heterocycles. The van der Waals surface area contributed by atoms with Gasteiger partial charge < -0.3 is 19.5 Å². The molecule has 0 unspecified atom stereocenters. The standard InChI is InChI=1S/C21H25N3O4/c1-3-28-17-9-7-15(8-10-17)19(25)22-18-13-16(14-23(2)21(18)27)20(26)24-11-5-4-6-12-24/h7-10,13-14H,3-6,11-12H2,1-2H3,(H,22,25). The van der Waals surface area contributed by atoms with Crippen LogP contribution >= 0.6 is 0 Å². The molecule has 1 saturated heterocycles. The number of piperidine rings is 1. The molecular formula is C21H25N3O4. The summed E-state index contributed by atoms with van der Waals surface area (Å²) < 4.78 is 6.69. The van der Waals surface area contributed by atoms with E-state index in [0.29, 0.717) is 23.5 Å². The molecule has 2 amide bonds. The van der Waals surface area contributed by atoms with Crippen molar-refractivity contribution in [1.82, 2.24) is 9.47 Å². The fourth-order valence-corrected chi connectivity index (χ4v) is 3.26. The summed E-state index contributed by atoms with van der Waals surface area (Å²) in [6.07, 6.45) is 4.62. The van der Waals surface area contributed by atoms with Crippen LogP contribution in [-0.4, -0.2) is 41.0 Å². The van der Waals surface area contributed by atoms with Gasteiger partial charge in [0.2, 0.25) is 0 Å². The maximum atomic E-state index is 12.8. The number of nitrogens with one attached hydrogen (secondary N) is 1. The summed E-state index contributed by atoms with van der Waals surface area (Å²) in [6.45, 7) is 3.86. The first-order valence-electron chi connectivity index (χ1n) is 9.53. The molecule has 1 aromatic heterocycles. The Morgan fingerprint density at radius 2 is 1.75 bits per heavy atom. The molecule has 1 fully saturated rings. The maximum Gasteiger partial charge on any atom is 0.274 e. The molecule has 0 radical (unpaired) electrons. The lowest BCUT2D eigenvalue weighted by atomic mass is 10.1. The second-order valence-corrected chi connectivity index (χ2v) is 6.82. The minimum Gasteiger partial charge on any atom is -0.494 e. The average molecular weight is 383 g/mol. The fraction of sp³-hybridized carbons (Fsp3) is 0.381. The quantitative estimate of drug-likeness (QED) is 0.861. The molecule has 1 aromatic carbocycles. The van der Waals surface area contributed by atoms with Crippen LogP contribution in [0.3, 0.4) is 0 Å². The number of aromatic nitrogens is 1. The Morgan fingerprint density at radius 1 is 1.07 bits per heavy atom. The van der Waals surface area contributed by atoms with E-state index in [9.17, 15) is 14.4 Å². The van der Waals surface area contributed by atoms with Crippen molar-refractivity contribution in [3.63, 3.8) is 0 Å². The molecule has 1 aliphatic heterocycles. The first kappa shape index (κ1) is 19.7. The highest BCUT2D eigenvalue weighted by Gasteiger charge is 2.20. The van der Waals surface area contributed by atoms with Crippen LogP contribution < -0.4 is 15.6 Å². The Kier molecular flexibility index (Phi) is 6.13. The summed E-state index contributed by atoms with van der Waals surface area (Å²) in [7, 11) is 1.57. The first-order chi connectivity index (χ1) is 13.5. The molecule has 148 valence electrons. The van der Waals surface area contributed by atoms with Gasteiger partial charge in [-0.3, -0.25) is 14.4 Å². The molecule has 3 rings (SSSR count). The summed E-state index contributed by atoms with van der Waals surface area (Å²) >= 11 is 0. The highest BCUT2D eigenvalue weighted by atomic mass is 16.5. The zero-order valence-electron chi connectivity index (χ0n) is 16.2. The molecule has 7 heteroatoms. The smallest absolute Gasteiger partial charge is 0.274 e. The Bertz CT molecular complexity index is 912. The fourth-order valence-electron chi connectivity index (χ4n) is 3.26. The van der Waals surface area contributed by atoms with Crippen LogP contribution in [0.4, 0.5) is 5.69 Å². The first-order valence-corrected chi connectivity index (χ1v) is 9.53. The average Bonchev–Trinajstić information content (AvgIpc) is 2.72. The van der Waals surface area contributed by atoms with E-state index >= 15 is 0 Å². The number of nitrogens with zero attached hydrogens (tertiary/aromatic N) is 2. The van der Waals surface area contributed by atoms with E-state index in [2.05, 4.69) is 5.32 Å². The zero-order valence-corrected chi connectivity index (χ0v) is 16.2. The van der Waals surface area contributed by atoms with E-state index in [1.807, 2.05) is 6.92 Å². The van der Waals surface area contributed by atoms with Crippen LogP contribution in [0.25, 0.3) is 0 Å². The number of carbonyl (C=O) groups is 2. The van der Waals surface area contributed by atoms with E-state index in [0.717, 1.165) is 32.4 Å². The number of likely N-dealkylation sites (tertiary alicyclic amines) is 1. The number of anilines is 1. The van der Waals surface area contributed by atoms with E-state index in [1.54, 1.807) is 36.2 Å². The molecule has 28 heavy (non-hydrogen) atoms. The number of hydrogen-bond acceptors (Lipinski definition) is 4. The van der Waals surface area contributed by atoms with Gasteiger partial charge in [0.25, 0.3) is 17.4 Å². The van der Waals surface area contributed by atoms with E-state index in [4.69, 9.17) is 4.74 Å². The lowest BCUT2D eigenvalue weighted by Crippen LogP contribution is -2.36. The highest BCUT2D eigenvalue weighted by Crippen LogP contribution is 2.16. The van der Waals surface area contributed by atoms with Crippen LogP contribution in [0.2, 0.25) is 0 Å². The summed E-state index contributed by atoms with van der Waals surface area (Å²) in [5, 5.41) is 2.63. The van der Waals surface area contributed by atoms with Gasteiger partial charge in [-0.15, -0.1) is 0 Å². The summed E-state index contributed by atoms with van der Waals surface area (Å²) in [4.78, 5) is 39.5. The zero-order chi connectivity index (χ0) is 20.1. The molecular weight excluding hydrogens is 358 g/mol. The van der Waals surface area contributed by atoms with Crippen molar-refractivity contribution in [3.05, 3.63) is 58.0 Å². The van der Waals surface area contributed by atoms with Crippen molar-refractivity contribution in [2.45, 2.75) is 26.2 Å². The van der Waals surface area contributed by atoms with Crippen LogP contribution in [-0.2, 0) is 7.05 Å². The normalized spacial score (nSPS) is 13.9. The number of carbonyl (C=O) groups excluding carboxylic acids is 2. The Hall–Kier alpha value is -3.09. The van der Waals surface area contributed by atoms with Gasteiger partial charge in [0.05, 0.1) is 12.2 Å². The van der Waals surface area contributed by atoms with Crippen molar-refractivity contribution >= 4 is 17.5 Å². The van der Waals surface area contributed by atoms with Crippen LogP contribution in [0.15, 0.2) is 41.3 Å². The van der Waals surface area contributed by atoms with Gasteiger partial charge in [-0.1, -0.05) is 0 Å². The molecule has 0 bridgehead atoms. The summed E-state index contributed by atoms with van der Waals surface area (Å²) in [5.74, 6) is 0.138. The molecule has 1 aliphatic rings. The molecule has 2 aromatic rings. The monoisotopic (exact) mass is 383 g/mol. The molecule has 1 N–H and O–H groups in total. The largest absolute Gasteiger partial charge is 0.494 e. The minimum atomic E-state index is -0.414. The van der Waals surface area contributed by atoms with Gasteiger partial charge in [-0.25, -0.2) is 0 Å². The van der Waals surface area contributed by atoms with Gasteiger partial charge in [0, 0.05) is 31.9 Å². The lowest BCUT2D eigenvalue weighted by molar-refractivity contribution is 0.0723. The van der Waals surface area contributed by atoms with E-state index in [-0.39, 0.29) is 17.2 Å². The van der Waals surface area contributed by atoms with E-state index < -0.39 is 5.91 Å². The number of benzene rings is 1. The van der Waals surface area contributed by atoms with Crippen molar-refractivity contribution < 1.29 is 14.3 Å². The van der Waals surface area contributed by atoms with Crippen LogP contribution in [0.1, 0.15) is 46.9 Å². The number of hydrogen-bond donors (Lipinski definition) is 1. The van der Waals surface area contributed by atoms with Crippen molar-refractivity contribution in [2.75, 3.05) is 25.0 Å². The number of ether oxygens (including phenoxy) is 1. The van der Waals surface area contributed by atoms with Crippen molar-refractivity contribution in [3.8, 4) is 5.75 Å². The van der Waals surface area contributed by atoms with Crippen molar-refractivity contribution in [2.24, 2.45) is 7.05 Å². The topological polar surface area (TPSA) is 80.6 Å². The molecule has 7 nitrogen and oxygen atoms in total. The van der Waals surface area contributed by atoms with Crippen LogP contribution in [0, 0.1) is 0 Å². The molecule has 0 saturated carbocycles. The SMILES string of the molecule is CCOc1ccc(C(=O)Nc2cc(C(=O)N3CCCCC3)cn(C)c2=O)cc1. The van der Waals surface area contributed by atoms with Crippen molar-refractivity contribution in [1.29, 1.82) is 0 Å². The molecule has 0 aliphatic carbocycles. The molecule has 0 spiro atoms. The Labute approximate surface area is 163 Å². The number of pyridine rings is 1. The second-order valence-electron chi connectivity index (χ2n) is 6.82. The number of aryl methyl sites for hydroxylation is 1. The Morgan fingerprint density at radius 3 is 2.39 bits per heavy atom. The summed E-state index contributed by atoms with van der Waals surface area (Å²) in [6, 6.07) is 8.13. The highest BCUT2D eigenvalue weighted by molar-refractivity contribution is 6.05. The minimum absolute atomic E-state index is 0.0873. The van der Waals surface area contributed by atoms with Gasteiger partial charge in [0.1, 0.15) is 11.4 Å². The Balaban J connectivity index is 1.81. The lowest BCUT2D eigenvalue weighted by Gasteiger charge is -2.27. The second kappa shape index (κ2) is 8.73. The third kappa shape index (κ3) is 4.42.